The number of anilines is 1. The molecular weight excluding hydrogens is 344 g/mol. The lowest BCUT2D eigenvalue weighted by Crippen LogP contribution is -2.24. The summed E-state index contributed by atoms with van der Waals surface area (Å²) in [5.74, 6) is -1.32. The highest BCUT2D eigenvalue weighted by Gasteiger charge is 2.14. The number of hydrogen-bond acceptors (Lipinski definition) is 4. The number of rotatable bonds is 6. The van der Waals surface area contributed by atoms with Crippen molar-refractivity contribution in [2.75, 3.05) is 11.9 Å². The van der Waals surface area contributed by atoms with Gasteiger partial charge in [0.15, 0.2) is 6.61 Å². The molecule has 0 aliphatic heterocycles. The predicted octanol–water partition coefficient (Wildman–Crippen LogP) is 2.76. The lowest BCUT2D eigenvalue weighted by molar-refractivity contribution is -0.119. The average molecular weight is 362 g/mol. The molecule has 2 N–H and O–H groups in total. The van der Waals surface area contributed by atoms with Crippen molar-refractivity contribution in [1.82, 2.24) is 4.98 Å². The SMILES string of the molecule is O=C(COC(=O)c1ccc[nH]c1=O)Nc1ccccc1Cc1ccccc1. The summed E-state index contributed by atoms with van der Waals surface area (Å²) in [5, 5.41) is 2.75. The third kappa shape index (κ3) is 4.92. The van der Waals surface area contributed by atoms with Crippen LogP contribution in [0.3, 0.4) is 0 Å². The fraction of sp³-hybridized carbons (Fsp3) is 0.0952. The fourth-order valence-electron chi connectivity index (χ4n) is 2.59. The standard InChI is InChI=1S/C21H18N2O4/c24-19(14-27-21(26)17-10-6-12-22-20(17)25)23-18-11-5-4-9-16(18)13-15-7-2-1-3-8-15/h1-12H,13-14H2,(H,22,25)(H,23,24). The van der Waals surface area contributed by atoms with Gasteiger partial charge in [0.1, 0.15) is 5.56 Å². The molecule has 0 fully saturated rings. The molecule has 27 heavy (non-hydrogen) atoms. The Morgan fingerprint density at radius 2 is 1.67 bits per heavy atom. The molecule has 0 saturated heterocycles. The molecule has 6 nitrogen and oxygen atoms in total. The van der Waals surface area contributed by atoms with Gasteiger partial charge in [-0.25, -0.2) is 4.79 Å². The van der Waals surface area contributed by atoms with Crippen molar-refractivity contribution in [1.29, 1.82) is 0 Å². The number of para-hydroxylation sites is 1. The number of aromatic amines is 1. The Balaban J connectivity index is 1.62. The number of amides is 1. The van der Waals surface area contributed by atoms with Gasteiger partial charge < -0.3 is 15.0 Å². The Morgan fingerprint density at radius 1 is 0.926 bits per heavy atom. The van der Waals surface area contributed by atoms with Crippen LogP contribution in [0, 0.1) is 0 Å². The van der Waals surface area contributed by atoms with E-state index in [0.29, 0.717) is 12.1 Å². The van der Waals surface area contributed by atoms with Crippen LogP contribution < -0.4 is 10.9 Å². The smallest absolute Gasteiger partial charge is 0.344 e. The van der Waals surface area contributed by atoms with Gasteiger partial charge in [0, 0.05) is 11.9 Å². The van der Waals surface area contributed by atoms with Crippen LogP contribution in [0.1, 0.15) is 21.5 Å². The molecule has 0 bridgehead atoms. The molecule has 1 aromatic heterocycles. The Bertz CT molecular complexity index is 996. The summed E-state index contributed by atoms with van der Waals surface area (Å²) in [6.07, 6.45) is 2.08. The Morgan fingerprint density at radius 3 is 2.44 bits per heavy atom. The maximum Gasteiger partial charge on any atom is 0.344 e. The second-order valence-electron chi connectivity index (χ2n) is 5.86. The van der Waals surface area contributed by atoms with E-state index in [1.165, 1.54) is 18.3 Å². The first-order chi connectivity index (χ1) is 13.1. The van der Waals surface area contributed by atoms with E-state index < -0.39 is 24.0 Å². The second kappa shape index (κ2) is 8.62. The maximum absolute atomic E-state index is 12.2. The molecule has 136 valence electrons. The van der Waals surface area contributed by atoms with Gasteiger partial charge in [0.25, 0.3) is 11.5 Å². The Labute approximate surface area is 155 Å². The van der Waals surface area contributed by atoms with Gasteiger partial charge in [0.05, 0.1) is 0 Å². The molecule has 0 aliphatic carbocycles. The topological polar surface area (TPSA) is 88.3 Å². The highest BCUT2D eigenvalue weighted by molar-refractivity contribution is 5.95. The number of H-pyrrole nitrogens is 1. The van der Waals surface area contributed by atoms with Crippen LogP contribution in [0.2, 0.25) is 0 Å². The molecule has 6 heteroatoms. The van der Waals surface area contributed by atoms with Crippen molar-refractivity contribution >= 4 is 17.6 Å². The molecule has 0 radical (unpaired) electrons. The van der Waals surface area contributed by atoms with Crippen LogP contribution in [-0.4, -0.2) is 23.5 Å². The largest absolute Gasteiger partial charge is 0.452 e. The molecule has 0 aliphatic rings. The van der Waals surface area contributed by atoms with E-state index in [-0.39, 0.29) is 5.56 Å². The molecule has 0 saturated carbocycles. The highest BCUT2D eigenvalue weighted by Crippen LogP contribution is 2.19. The number of ether oxygens (including phenoxy) is 1. The minimum atomic E-state index is -0.843. The number of pyridine rings is 1. The Hall–Kier alpha value is -3.67. The third-order valence-electron chi connectivity index (χ3n) is 3.90. The van der Waals surface area contributed by atoms with Gasteiger partial charge in [-0.15, -0.1) is 0 Å². The number of nitrogens with one attached hydrogen (secondary N) is 2. The second-order valence-corrected chi connectivity index (χ2v) is 5.86. The summed E-state index contributed by atoms with van der Waals surface area (Å²) in [6, 6.07) is 20.2. The number of carbonyl (C=O) groups is 2. The van der Waals surface area contributed by atoms with Crippen LogP contribution in [0.25, 0.3) is 0 Å². The zero-order chi connectivity index (χ0) is 19.1. The van der Waals surface area contributed by atoms with Crippen molar-refractivity contribution < 1.29 is 14.3 Å². The zero-order valence-electron chi connectivity index (χ0n) is 14.5. The summed E-state index contributed by atoms with van der Waals surface area (Å²) < 4.78 is 4.93. The summed E-state index contributed by atoms with van der Waals surface area (Å²) in [4.78, 5) is 38.0. The molecular formula is C21H18N2O4. The molecule has 1 heterocycles. The van der Waals surface area contributed by atoms with Gasteiger partial charge in [-0.2, -0.15) is 0 Å². The first-order valence-electron chi connectivity index (χ1n) is 8.40. The molecule has 3 aromatic rings. The van der Waals surface area contributed by atoms with Crippen molar-refractivity contribution in [2.45, 2.75) is 6.42 Å². The summed E-state index contributed by atoms with van der Waals surface area (Å²) in [5.41, 5.74) is 2.02. The predicted molar refractivity (Wildman–Crippen MR) is 102 cm³/mol. The van der Waals surface area contributed by atoms with Crippen molar-refractivity contribution in [3.8, 4) is 0 Å². The van der Waals surface area contributed by atoms with Gasteiger partial charge in [-0.3, -0.25) is 9.59 Å². The molecule has 0 unspecified atom stereocenters. The van der Waals surface area contributed by atoms with Gasteiger partial charge in [0.2, 0.25) is 0 Å². The van der Waals surface area contributed by atoms with E-state index in [0.717, 1.165) is 11.1 Å². The Kier molecular flexibility index (Phi) is 5.79. The monoisotopic (exact) mass is 362 g/mol. The van der Waals surface area contributed by atoms with Crippen molar-refractivity contribution in [3.05, 3.63) is 100.0 Å². The van der Waals surface area contributed by atoms with Gasteiger partial charge in [-0.1, -0.05) is 48.5 Å². The normalized spacial score (nSPS) is 10.2. The summed E-state index contributed by atoms with van der Waals surface area (Å²) in [6.45, 7) is -0.479. The maximum atomic E-state index is 12.2. The van der Waals surface area contributed by atoms with Crippen LogP contribution in [0.5, 0.6) is 0 Å². The van der Waals surface area contributed by atoms with Crippen LogP contribution >= 0.6 is 0 Å². The first kappa shape index (κ1) is 18.1. The third-order valence-corrected chi connectivity index (χ3v) is 3.90. The van der Waals surface area contributed by atoms with Crippen LogP contribution in [0.4, 0.5) is 5.69 Å². The van der Waals surface area contributed by atoms with Crippen LogP contribution in [0.15, 0.2) is 77.7 Å². The zero-order valence-corrected chi connectivity index (χ0v) is 14.5. The van der Waals surface area contributed by atoms with E-state index in [2.05, 4.69) is 10.3 Å². The number of carbonyl (C=O) groups excluding carboxylic acids is 2. The van der Waals surface area contributed by atoms with Crippen molar-refractivity contribution in [3.63, 3.8) is 0 Å². The number of aromatic nitrogens is 1. The number of benzene rings is 2. The van der Waals surface area contributed by atoms with Crippen molar-refractivity contribution in [2.24, 2.45) is 0 Å². The number of esters is 1. The van der Waals surface area contributed by atoms with Gasteiger partial charge in [-0.05, 0) is 35.7 Å². The summed E-state index contributed by atoms with van der Waals surface area (Å²) >= 11 is 0. The molecule has 3 rings (SSSR count). The van der Waals surface area contributed by atoms with E-state index in [1.54, 1.807) is 6.07 Å². The molecule has 0 atom stereocenters. The summed E-state index contributed by atoms with van der Waals surface area (Å²) in [7, 11) is 0. The first-order valence-corrected chi connectivity index (χ1v) is 8.40. The quantitative estimate of drug-likeness (QED) is 0.660. The minimum absolute atomic E-state index is 0.144. The minimum Gasteiger partial charge on any atom is -0.452 e. The lowest BCUT2D eigenvalue weighted by atomic mass is 10.0. The average Bonchev–Trinajstić information content (AvgIpc) is 2.69. The van der Waals surface area contributed by atoms with E-state index >= 15 is 0 Å². The van der Waals surface area contributed by atoms with Crippen LogP contribution in [-0.2, 0) is 16.0 Å². The highest BCUT2D eigenvalue weighted by atomic mass is 16.5. The molecule has 2 aromatic carbocycles. The fourth-order valence-corrected chi connectivity index (χ4v) is 2.59. The molecule has 0 spiro atoms. The number of hydrogen-bond donors (Lipinski definition) is 2. The van der Waals surface area contributed by atoms with E-state index in [1.807, 2.05) is 48.5 Å². The lowest BCUT2D eigenvalue weighted by Gasteiger charge is -2.11. The molecule has 1 amide bonds. The van der Waals surface area contributed by atoms with E-state index in [4.69, 9.17) is 4.74 Å². The van der Waals surface area contributed by atoms with Gasteiger partial charge >= 0.3 is 5.97 Å². The van der Waals surface area contributed by atoms with E-state index in [9.17, 15) is 14.4 Å².